The van der Waals surface area contributed by atoms with Gasteiger partial charge in [-0.15, -0.1) is 0 Å². The van der Waals surface area contributed by atoms with Crippen molar-refractivity contribution in [3.63, 3.8) is 0 Å². The molecule has 3 N–H and O–H groups in total. The molecule has 1 rings (SSSR count). The lowest BCUT2D eigenvalue weighted by Gasteiger charge is -2.25. The number of thioether (sulfide) groups is 1. The van der Waals surface area contributed by atoms with E-state index >= 15 is 0 Å². The second-order valence-corrected chi connectivity index (χ2v) is 8.04. The lowest BCUT2D eigenvalue weighted by molar-refractivity contribution is -0.124. The van der Waals surface area contributed by atoms with Crippen molar-refractivity contribution in [1.82, 2.24) is 10.6 Å². The van der Waals surface area contributed by atoms with Crippen molar-refractivity contribution in [2.45, 2.75) is 51.3 Å². The van der Waals surface area contributed by atoms with E-state index in [1.807, 2.05) is 36.6 Å². The van der Waals surface area contributed by atoms with Gasteiger partial charge in [-0.3, -0.25) is 4.79 Å². The number of rotatable bonds is 9. The highest BCUT2D eigenvalue weighted by Crippen LogP contribution is 2.09. The number of aliphatic hydroxyl groups is 1. The molecule has 0 aliphatic carbocycles. The van der Waals surface area contributed by atoms with Crippen molar-refractivity contribution in [3.8, 4) is 0 Å². The van der Waals surface area contributed by atoms with Crippen molar-refractivity contribution in [2.75, 3.05) is 18.6 Å². The zero-order chi connectivity index (χ0) is 19.6. The van der Waals surface area contributed by atoms with Crippen LogP contribution in [0, 0.1) is 0 Å². The number of hydrogen-bond donors (Lipinski definition) is 3. The van der Waals surface area contributed by atoms with E-state index in [0.29, 0.717) is 12.8 Å². The first-order chi connectivity index (χ1) is 12.2. The van der Waals surface area contributed by atoms with Gasteiger partial charge >= 0.3 is 6.09 Å². The molecule has 6 nitrogen and oxygen atoms in total. The molecule has 0 saturated heterocycles. The highest BCUT2D eigenvalue weighted by molar-refractivity contribution is 7.98. The largest absolute Gasteiger partial charge is 0.444 e. The fourth-order valence-electron chi connectivity index (χ4n) is 2.28. The van der Waals surface area contributed by atoms with Crippen molar-refractivity contribution in [3.05, 3.63) is 35.9 Å². The summed E-state index contributed by atoms with van der Waals surface area (Å²) in [6.45, 7) is 5.16. The Morgan fingerprint density at radius 1 is 1.19 bits per heavy atom. The van der Waals surface area contributed by atoms with Crippen LogP contribution in [-0.2, 0) is 16.0 Å². The monoisotopic (exact) mass is 382 g/mol. The third-order valence-electron chi connectivity index (χ3n) is 3.53. The maximum absolute atomic E-state index is 12.7. The van der Waals surface area contributed by atoms with Crippen molar-refractivity contribution < 1.29 is 19.4 Å². The van der Waals surface area contributed by atoms with Gasteiger partial charge in [-0.25, -0.2) is 4.79 Å². The van der Waals surface area contributed by atoms with E-state index in [0.717, 1.165) is 11.3 Å². The van der Waals surface area contributed by atoms with E-state index < -0.39 is 17.7 Å². The summed E-state index contributed by atoms with van der Waals surface area (Å²) in [7, 11) is 0. The molecule has 2 amide bonds. The fourth-order valence-corrected chi connectivity index (χ4v) is 2.80. The van der Waals surface area contributed by atoms with Gasteiger partial charge < -0.3 is 20.5 Å². The summed E-state index contributed by atoms with van der Waals surface area (Å²) in [6, 6.07) is 8.33. The van der Waals surface area contributed by atoms with E-state index in [4.69, 9.17) is 4.74 Å². The first-order valence-electron chi connectivity index (χ1n) is 8.68. The highest BCUT2D eigenvalue weighted by Gasteiger charge is 2.26. The standard InChI is InChI=1S/C19H30N2O4S/c1-19(2,3)25-18(24)21-16(12-14-8-6-5-7-9-14)17(23)20-15(13-22)10-11-26-4/h5-9,15-16,22H,10-13H2,1-4H3,(H,20,23)(H,21,24)/t15-,16-/m0/s1. The molecule has 0 radical (unpaired) electrons. The molecule has 2 atom stereocenters. The average molecular weight is 383 g/mol. The van der Waals surface area contributed by atoms with Crippen LogP contribution in [0.5, 0.6) is 0 Å². The highest BCUT2D eigenvalue weighted by atomic mass is 32.2. The third-order valence-corrected chi connectivity index (χ3v) is 4.17. The molecule has 1 aromatic rings. The Balaban J connectivity index is 2.81. The molecule has 0 fully saturated rings. The molecular formula is C19H30N2O4S. The van der Waals surface area contributed by atoms with Gasteiger partial charge in [-0.2, -0.15) is 11.8 Å². The molecule has 26 heavy (non-hydrogen) atoms. The Bertz CT molecular complexity index is 560. The first-order valence-corrected chi connectivity index (χ1v) is 10.1. The summed E-state index contributed by atoms with van der Waals surface area (Å²) in [5.74, 6) is 0.494. The van der Waals surface area contributed by atoms with Gasteiger partial charge in [0.25, 0.3) is 0 Å². The predicted molar refractivity (Wildman–Crippen MR) is 105 cm³/mol. The van der Waals surface area contributed by atoms with Gasteiger partial charge in [-0.05, 0) is 44.8 Å². The SMILES string of the molecule is CSCC[C@@H](CO)NC(=O)[C@H](Cc1ccccc1)NC(=O)OC(C)(C)C. The summed E-state index contributed by atoms with van der Waals surface area (Å²) in [4.78, 5) is 24.8. The Hall–Kier alpha value is -1.73. The van der Waals surface area contributed by atoms with Gasteiger partial charge in [0.05, 0.1) is 12.6 Å². The van der Waals surface area contributed by atoms with E-state index in [9.17, 15) is 14.7 Å². The molecule has 7 heteroatoms. The smallest absolute Gasteiger partial charge is 0.408 e. The molecule has 0 saturated carbocycles. The van der Waals surface area contributed by atoms with Crippen molar-refractivity contribution in [1.29, 1.82) is 0 Å². The van der Waals surface area contributed by atoms with Gasteiger partial charge in [0.15, 0.2) is 0 Å². The Morgan fingerprint density at radius 2 is 1.85 bits per heavy atom. The van der Waals surface area contributed by atoms with Gasteiger partial charge in [-0.1, -0.05) is 30.3 Å². The molecule has 0 aliphatic rings. The number of nitrogens with one attached hydrogen (secondary N) is 2. The number of carbonyl (C=O) groups excluding carboxylic acids is 2. The minimum Gasteiger partial charge on any atom is -0.444 e. The van der Waals surface area contributed by atoms with Gasteiger partial charge in [0, 0.05) is 6.42 Å². The average Bonchev–Trinajstić information content (AvgIpc) is 2.57. The van der Waals surface area contributed by atoms with Crippen LogP contribution in [0.25, 0.3) is 0 Å². The Kier molecular flexibility index (Phi) is 9.51. The number of hydrogen-bond acceptors (Lipinski definition) is 5. The summed E-state index contributed by atoms with van der Waals surface area (Å²) in [5, 5.41) is 14.9. The van der Waals surface area contributed by atoms with Crippen LogP contribution in [0.3, 0.4) is 0 Å². The second-order valence-electron chi connectivity index (χ2n) is 7.06. The number of aliphatic hydroxyl groups excluding tert-OH is 1. The zero-order valence-corrected chi connectivity index (χ0v) is 16.8. The Morgan fingerprint density at radius 3 is 2.38 bits per heavy atom. The lowest BCUT2D eigenvalue weighted by atomic mass is 10.0. The first kappa shape index (κ1) is 22.3. The molecule has 0 heterocycles. The third kappa shape index (κ3) is 9.10. The summed E-state index contributed by atoms with van der Waals surface area (Å²) in [6.07, 6.45) is 2.33. The molecule has 0 aromatic heterocycles. The number of alkyl carbamates (subject to hydrolysis) is 1. The second kappa shape index (κ2) is 11.1. The van der Waals surface area contributed by atoms with Crippen LogP contribution in [-0.4, -0.2) is 53.4 Å². The summed E-state index contributed by atoms with van der Waals surface area (Å²) >= 11 is 1.65. The molecule has 0 bridgehead atoms. The van der Waals surface area contributed by atoms with E-state index in [2.05, 4.69) is 10.6 Å². The minimum absolute atomic E-state index is 0.142. The quantitative estimate of drug-likeness (QED) is 0.610. The summed E-state index contributed by atoms with van der Waals surface area (Å²) in [5.41, 5.74) is 0.275. The van der Waals surface area contributed by atoms with Crippen molar-refractivity contribution in [2.24, 2.45) is 0 Å². The normalized spacial score (nSPS) is 13.6. The van der Waals surface area contributed by atoms with Gasteiger partial charge in [0.2, 0.25) is 5.91 Å². The number of amides is 2. The molecular weight excluding hydrogens is 352 g/mol. The molecule has 1 aromatic carbocycles. The van der Waals surface area contributed by atoms with Crippen LogP contribution in [0.4, 0.5) is 4.79 Å². The predicted octanol–water partition coefficient (Wildman–Crippen LogP) is 2.35. The van der Waals surface area contributed by atoms with Crippen molar-refractivity contribution >= 4 is 23.8 Å². The molecule has 0 unspecified atom stereocenters. The lowest BCUT2D eigenvalue weighted by Crippen LogP contribution is -2.52. The maximum atomic E-state index is 12.7. The van der Waals surface area contributed by atoms with Crippen LogP contribution in [0.15, 0.2) is 30.3 Å². The van der Waals surface area contributed by atoms with Gasteiger partial charge in [0.1, 0.15) is 11.6 Å². The van der Waals surface area contributed by atoms with E-state index in [-0.39, 0.29) is 18.6 Å². The van der Waals surface area contributed by atoms with Crippen LogP contribution >= 0.6 is 11.8 Å². The minimum atomic E-state index is -0.782. The summed E-state index contributed by atoms with van der Waals surface area (Å²) < 4.78 is 5.27. The fraction of sp³-hybridized carbons (Fsp3) is 0.579. The molecule has 0 aliphatic heterocycles. The molecule has 146 valence electrons. The number of carbonyl (C=O) groups is 2. The zero-order valence-electron chi connectivity index (χ0n) is 16.0. The van der Waals surface area contributed by atoms with E-state index in [1.54, 1.807) is 32.5 Å². The topological polar surface area (TPSA) is 87.7 Å². The van der Waals surface area contributed by atoms with Crippen LogP contribution in [0.2, 0.25) is 0 Å². The van der Waals surface area contributed by atoms with Crippen LogP contribution in [0.1, 0.15) is 32.8 Å². The number of benzene rings is 1. The number of ether oxygens (including phenoxy) is 1. The molecule has 0 spiro atoms. The maximum Gasteiger partial charge on any atom is 0.408 e. The van der Waals surface area contributed by atoms with Crippen LogP contribution < -0.4 is 10.6 Å². The van der Waals surface area contributed by atoms with E-state index in [1.165, 1.54) is 0 Å². The Labute approximate surface area is 160 Å².